The van der Waals surface area contributed by atoms with Crippen LogP contribution in [0, 0.1) is 10.1 Å². The van der Waals surface area contributed by atoms with Crippen molar-refractivity contribution < 1.29 is 4.92 Å². The van der Waals surface area contributed by atoms with Crippen molar-refractivity contribution in [3.63, 3.8) is 0 Å². The first-order valence-electron chi connectivity index (χ1n) is 5.31. The molecular formula is C11H10BrN5O2. The molecule has 1 aromatic carbocycles. The summed E-state index contributed by atoms with van der Waals surface area (Å²) in [5.41, 5.74) is 5.92. The summed E-state index contributed by atoms with van der Waals surface area (Å²) >= 11 is 3.20. The number of nitro groups is 1. The van der Waals surface area contributed by atoms with Gasteiger partial charge in [-0.15, -0.1) is 0 Å². The molecule has 0 unspecified atom stereocenters. The van der Waals surface area contributed by atoms with Crippen LogP contribution in [0.4, 0.5) is 17.2 Å². The van der Waals surface area contributed by atoms with Crippen LogP contribution in [0.3, 0.4) is 0 Å². The average Bonchev–Trinajstić information content (AvgIpc) is 2.37. The van der Waals surface area contributed by atoms with Gasteiger partial charge in [0.1, 0.15) is 17.3 Å². The number of halogens is 1. The van der Waals surface area contributed by atoms with E-state index in [1.807, 2.05) is 0 Å². The number of hydrogen-bond acceptors (Lipinski definition) is 6. The molecule has 0 aliphatic rings. The van der Waals surface area contributed by atoms with Gasteiger partial charge in [-0.05, 0) is 18.2 Å². The fourth-order valence-corrected chi connectivity index (χ4v) is 1.83. The molecule has 7 nitrogen and oxygen atoms in total. The van der Waals surface area contributed by atoms with Crippen LogP contribution in [0.2, 0.25) is 0 Å². The molecule has 0 bridgehead atoms. The Balaban J connectivity index is 2.17. The van der Waals surface area contributed by atoms with Crippen molar-refractivity contribution >= 4 is 33.1 Å². The van der Waals surface area contributed by atoms with Crippen LogP contribution < -0.4 is 11.1 Å². The number of nitrogen functional groups attached to an aromatic ring is 1. The van der Waals surface area contributed by atoms with Gasteiger partial charge in [0, 0.05) is 16.7 Å². The maximum absolute atomic E-state index is 10.9. The first kappa shape index (κ1) is 13.2. The molecule has 8 heteroatoms. The predicted octanol–water partition coefficient (Wildman–Crippen LogP) is 2.34. The number of nitro benzene ring substituents is 1. The topological polar surface area (TPSA) is 107 Å². The zero-order valence-electron chi connectivity index (χ0n) is 9.71. The number of benzene rings is 1. The molecule has 0 radical (unpaired) electrons. The molecule has 0 aliphatic heterocycles. The summed E-state index contributed by atoms with van der Waals surface area (Å²) in [7, 11) is 0. The van der Waals surface area contributed by atoms with Gasteiger partial charge >= 0.3 is 0 Å². The third kappa shape index (κ3) is 3.38. The quantitative estimate of drug-likeness (QED) is 0.660. The van der Waals surface area contributed by atoms with Gasteiger partial charge in [0.2, 0.25) is 0 Å². The van der Waals surface area contributed by atoms with Crippen molar-refractivity contribution in [1.29, 1.82) is 0 Å². The Labute approximate surface area is 117 Å². The zero-order valence-corrected chi connectivity index (χ0v) is 11.3. The Bertz CT molecular complexity index is 620. The Hall–Kier alpha value is -2.22. The second-order valence-electron chi connectivity index (χ2n) is 3.67. The van der Waals surface area contributed by atoms with Crippen molar-refractivity contribution in [3.8, 4) is 0 Å². The highest BCUT2D eigenvalue weighted by molar-refractivity contribution is 9.10. The SMILES string of the molecule is Nc1ccnc(CNc2ccc(Br)cc2[N+](=O)[O-])n1. The van der Waals surface area contributed by atoms with Gasteiger partial charge in [-0.25, -0.2) is 9.97 Å². The monoisotopic (exact) mass is 323 g/mol. The average molecular weight is 324 g/mol. The molecule has 0 aliphatic carbocycles. The molecule has 2 rings (SSSR count). The van der Waals surface area contributed by atoms with E-state index in [1.54, 1.807) is 18.2 Å². The summed E-state index contributed by atoms with van der Waals surface area (Å²) in [5, 5.41) is 13.9. The molecule has 0 saturated heterocycles. The van der Waals surface area contributed by atoms with E-state index in [2.05, 4.69) is 31.2 Å². The van der Waals surface area contributed by atoms with Crippen LogP contribution in [0.15, 0.2) is 34.9 Å². The van der Waals surface area contributed by atoms with E-state index in [1.165, 1.54) is 12.3 Å². The summed E-state index contributed by atoms with van der Waals surface area (Å²) in [6.45, 7) is 0.257. The Kier molecular flexibility index (Phi) is 3.91. The molecule has 19 heavy (non-hydrogen) atoms. The highest BCUT2D eigenvalue weighted by Gasteiger charge is 2.14. The molecule has 3 N–H and O–H groups in total. The van der Waals surface area contributed by atoms with Crippen LogP contribution >= 0.6 is 15.9 Å². The molecule has 0 fully saturated rings. The summed E-state index contributed by atoms with van der Waals surface area (Å²) in [6, 6.07) is 6.35. The molecule has 0 amide bonds. The molecule has 1 heterocycles. The predicted molar refractivity (Wildman–Crippen MR) is 74.6 cm³/mol. The van der Waals surface area contributed by atoms with Gasteiger partial charge in [-0.2, -0.15) is 0 Å². The van der Waals surface area contributed by atoms with Crippen LogP contribution in [0.25, 0.3) is 0 Å². The van der Waals surface area contributed by atoms with Crippen molar-refractivity contribution in [3.05, 3.63) is 50.9 Å². The lowest BCUT2D eigenvalue weighted by atomic mass is 10.2. The number of nitrogens with zero attached hydrogens (tertiary/aromatic N) is 3. The van der Waals surface area contributed by atoms with Crippen molar-refractivity contribution in [2.45, 2.75) is 6.54 Å². The van der Waals surface area contributed by atoms with Crippen LogP contribution in [0.5, 0.6) is 0 Å². The lowest BCUT2D eigenvalue weighted by molar-refractivity contribution is -0.384. The highest BCUT2D eigenvalue weighted by atomic mass is 79.9. The summed E-state index contributed by atoms with van der Waals surface area (Å²) in [6.07, 6.45) is 1.54. The number of aromatic nitrogens is 2. The van der Waals surface area contributed by atoms with Crippen molar-refractivity contribution in [2.24, 2.45) is 0 Å². The fraction of sp³-hybridized carbons (Fsp3) is 0.0909. The van der Waals surface area contributed by atoms with Gasteiger partial charge in [0.25, 0.3) is 5.69 Å². The largest absolute Gasteiger partial charge is 0.384 e. The van der Waals surface area contributed by atoms with Gasteiger partial charge in [-0.3, -0.25) is 10.1 Å². The number of nitrogens with one attached hydrogen (secondary N) is 1. The van der Waals surface area contributed by atoms with Crippen molar-refractivity contribution in [2.75, 3.05) is 11.1 Å². The summed E-state index contributed by atoms with van der Waals surface area (Å²) < 4.78 is 0.643. The third-order valence-corrected chi connectivity index (χ3v) is 2.81. The standard InChI is InChI=1S/C11H10BrN5O2/c12-7-1-2-8(9(5-7)17(18)19)15-6-11-14-4-3-10(13)16-11/h1-5,15H,6H2,(H2,13,14,16). The van der Waals surface area contributed by atoms with Crippen molar-refractivity contribution in [1.82, 2.24) is 9.97 Å². The van der Waals surface area contributed by atoms with Crippen LogP contribution in [-0.2, 0) is 6.54 Å². The molecule has 1 aromatic heterocycles. The van der Waals surface area contributed by atoms with E-state index in [-0.39, 0.29) is 12.2 Å². The summed E-state index contributed by atoms with van der Waals surface area (Å²) in [4.78, 5) is 18.5. The van der Waals surface area contributed by atoms with E-state index < -0.39 is 4.92 Å². The molecule has 0 atom stereocenters. The molecule has 2 aromatic rings. The van der Waals surface area contributed by atoms with Gasteiger partial charge in [0.15, 0.2) is 0 Å². The highest BCUT2D eigenvalue weighted by Crippen LogP contribution is 2.28. The zero-order chi connectivity index (χ0) is 13.8. The van der Waals surface area contributed by atoms with Gasteiger partial charge in [0.05, 0.1) is 11.5 Å². The van der Waals surface area contributed by atoms with E-state index in [0.717, 1.165) is 0 Å². The molecular weight excluding hydrogens is 314 g/mol. The Morgan fingerprint density at radius 2 is 2.21 bits per heavy atom. The van der Waals surface area contributed by atoms with Gasteiger partial charge in [-0.1, -0.05) is 15.9 Å². The lowest BCUT2D eigenvalue weighted by Crippen LogP contribution is -2.07. The lowest BCUT2D eigenvalue weighted by Gasteiger charge is -2.06. The van der Waals surface area contributed by atoms with Gasteiger partial charge < -0.3 is 11.1 Å². The van der Waals surface area contributed by atoms with E-state index in [4.69, 9.17) is 5.73 Å². The minimum Gasteiger partial charge on any atom is -0.384 e. The maximum Gasteiger partial charge on any atom is 0.293 e. The number of nitrogens with two attached hydrogens (primary N) is 1. The molecule has 98 valence electrons. The first-order valence-corrected chi connectivity index (χ1v) is 6.11. The Morgan fingerprint density at radius 3 is 2.89 bits per heavy atom. The van der Waals surface area contributed by atoms with E-state index in [0.29, 0.717) is 21.8 Å². The molecule has 0 spiro atoms. The number of anilines is 2. The minimum atomic E-state index is -0.451. The molecule has 0 saturated carbocycles. The van der Waals surface area contributed by atoms with Crippen LogP contribution in [-0.4, -0.2) is 14.9 Å². The van der Waals surface area contributed by atoms with E-state index in [9.17, 15) is 10.1 Å². The second-order valence-corrected chi connectivity index (χ2v) is 4.59. The normalized spacial score (nSPS) is 10.2. The minimum absolute atomic E-state index is 0.0155. The third-order valence-electron chi connectivity index (χ3n) is 2.32. The Morgan fingerprint density at radius 1 is 1.42 bits per heavy atom. The number of hydrogen-bond donors (Lipinski definition) is 2. The number of rotatable bonds is 4. The maximum atomic E-state index is 10.9. The van der Waals surface area contributed by atoms with Crippen LogP contribution in [0.1, 0.15) is 5.82 Å². The summed E-state index contributed by atoms with van der Waals surface area (Å²) in [5.74, 6) is 0.828. The fourth-order valence-electron chi connectivity index (χ4n) is 1.48. The second kappa shape index (κ2) is 5.61. The van der Waals surface area contributed by atoms with E-state index >= 15 is 0 Å². The first-order chi connectivity index (χ1) is 9.06. The smallest absolute Gasteiger partial charge is 0.293 e.